The summed E-state index contributed by atoms with van der Waals surface area (Å²) in [4.78, 5) is 43.8. The molecule has 0 saturated heterocycles. The zero-order valence-electron chi connectivity index (χ0n) is 36.8. The maximum atomic E-state index is 13.4. The summed E-state index contributed by atoms with van der Waals surface area (Å²) in [7, 11) is 0. The molecule has 2 atom stereocenters. The third kappa shape index (κ3) is 18.1. The van der Waals surface area contributed by atoms with Gasteiger partial charge in [-0.25, -0.2) is 24.7 Å². The van der Waals surface area contributed by atoms with Crippen LogP contribution in [0.4, 0.5) is 26.3 Å². The Labute approximate surface area is 394 Å². The average Bonchev–Trinajstić information content (AvgIpc) is 3.99. The number of rotatable bonds is 14. The van der Waals surface area contributed by atoms with Gasteiger partial charge >= 0.3 is 18.3 Å². The van der Waals surface area contributed by atoms with Crippen molar-refractivity contribution in [1.29, 1.82) is 0 Å². The third-order valence-electron chi connectivity index (χ3n) is 9.37. The van der Waals surface area contributed by atoms with E-state index in [0.29, 0.717) is 60.4 Å². The molecule has 0 spiro atoms. The van der Waals surface area contributed by atoms with Crippen LogP contribution in [0.5, 0.6) is 0 Å². The fourth-order valence-corrected chi connectivity index (χ4v) is 6.03. The molecule has 0 aliphatic heterocycles. The number of aryl methyl sites for hydroxylation is 4. The Morgan fingerprint density at radius 2 is 1.09 bits per heavy atom. The summed E-state index contributed by atoms with van der Waals surface area (Å²) in [6.07, 6.45) is 2.73. The quantitative estimate of drug-likeness (QED) is 0.0620. The highest BCUT2D eigenvalue weighted by atomic mass is 35.5. The first-order chi connectivity index (χ1) is 29.8. The van der Waals surface area contributed by atoms with Crippen LogP contribution in [-0.4, -0.2) is 105 Å². The molecular formula is C44H60BClF6N12O3-2. The van der Waals surface area contributed by atoms with E-state index >= 15 is 0 Å². The predicted octanol–water partition coefficient (Wildman–Crippen LogP) is 7.62. The highest BCUT2D eigenvalue weighted by Gasteiger charge is 2.32. The zero-order chi connectivity index (χ0) is 46.3. The molecule has 368 valence electrons. The van der Waals surface area contributed by atoms with Gasteiger partial charge in [0.25, 0.3) is 5.91 Å². The zero-order valence-corrected chi connectivity index (χ0v) is 37.7. The lowest BCUT2D eigenvalue weighted by molar-refractivity contribution is -0.138. The average molecular weight is 965 g/mol. The first-order valence-electron chi connectivity index (χ1n) is 19.8. The van der Waals surface area contributed by atoms with Crippen molar-refractivity contribution >= 4 is 32.7 Å². The highest BCUT2D eigenvalue weighted by molar-refractivity contribution is 5.98. The number of aromatic nitrogens is 10. The van der Waals surface area contributed by atoms with Gasteiger partial charge in [0.1, 0.15) is 17.3 Å². The summed E-state index contributed by atoms with van der Waals surface area (Å²) < 4.78 is 74.7. The number of amides is 1. The first kappa shape index (κ1) is 60.7. The van der Waals surface area contributed by atoms with Gasteiger partial charge in [-0.15, -0.1) is 12.4 Å². The van der Waals surface area contributed by atoms with Crippen molar-refractivity contribution in [2.75, 3.05) is 13.1 Å². The topological polar surface area (TPSA) is 183 Å². The van der Waals surface area contributed by atoms with E-state index in [1.54, 1.807) is 41.6 Å². The van der Waals surface area contributed by atoms with Gasteiger partial charge in [0.15, 0.2) is 0 Å². The monoisotopic (exact) mass is 964 g/mol. The van der Waals surface area contributed by atoms with Crippen LogP contribution in [0.3, 0.4) is 0 Å². The Bertz CT molecular complexity index is 2360. The van der Waals surface area contributed by atoms with Crippen molar-refractivity contribution in [3.05, 3.63) is 138 Å². The Hall–Kier alpha value is -6.29. The van der Waals surface area contributed by atoms with Crippen molar-refractivity contribution in [2.24, 2.45) is 0 Å². The number of carbonyl (C=O) groups is 2. The van der Waals surface area contributed by atoms with Crippen LogP contribution in [0.25, 0.3) is 11.4 Å². The van der Waals surface area contributed by atoms with E-state index in [0.717, 1.165) is 48.9 Å². The second kappa shape index (κ2) is 28.0. The molecule has 0 aliphatic rings. The fourth-order valence-electron chi connectivity index (χ4n) is 6.03. The van der Waals surface area contributed by atoms with Crippen molar-refractivity contribution in [3.8, 4) is 11.4 Å². The van der Waals surface area contributed by atoms with Gasteiger partial charge < -0.3 is 22.7 Å². The van der Waals surface area contributed by atoms with Crippen LogP contribution < -0.4 is 5.32 Å². The van der Waals surface area contributed by atoms with E-state index in [-0.39, 0.29) is 53.2 Å². The standard InChI is InChI=1S/C21H23F3N6O.C11H16F3N3.C10H9N3O2.CH4.CH3.BH4.ClH/c1-4-29(15(3)6-8-19-25-12-16(13-26-19)21(22,23)24)20(31)17-11-14(2)5-7-18(17)30-27-9-10-28-30;1-3-15-8(2)4-5-10-16-6-9(7-17-10)11(12,13)14;1-7-2-3-9(8(6-7)10(14)15)13-11-4-5-12-13;;;;/h5,7,9-13,15H,4,6,8H2,1-3H3;6-8,15H,3-5H2,1-2H3;2-6H,1H3,(H,14,15);1H4;1H3;1H4;1H/q;;;;2*-1;/t15-;8-;;;;;/m00...../s1. The largest absolute Gasteiger partial charge is 0.478 e. The molecule has 15 nitrogen and oxygen atoms in total. The third-order valence-corrected chi connectivity index (χ3v) is 9.37. The maximum absolute atomic E-state index is 13.4. The van der Waals surface area contributed by atoms with Crippen LogP contribution in [0.15, 0.2) is 86.0 Å². The van der Waals surface area contributed by atoms with Crippen LogP contribution >= 0.6 is 12.4 Å². The number of carboxylic acid groups (broad SMARTS) is 1. The summed E-state index contributed by atoms with van der Waals surface area (Å²) in [5, 5.41) is 28.3. The van der Waals surface area contributed by atoms with Crippen LogP contribution in [-0.2, 0) is 25.2 Å². The number of aromatic carboxylic acids is 1. The van der Waals surface area contributed by atoms with Crippen LogP contribution in [0.1, 0.15) is 103 Å². The Balaban J connectivity index is 0.00000103. The summed E-state index contributed by atoms with van der Waals surface area (Å²) in [5.41, 5.74) is 1.87. The molecular weight excluding hydrogens is 905 g/mol. The Morgan fingerprint density at radius 1 is 0.701 bits per heavy atom. The van der Waals surface area contributed by atoms with E-state index in [9.17, 15) is 35.9 Å². The molecule has 0 aliphatic carbocycles. The van der Waals surface area contributed by atoms with Crippen molar-refractivity contribution in [3.63, 3.8) is 0 Å². The predicted molar refractivity (Wildman–Crippen MR) is 251 cm³/mol. The van der Waals surface area contributed by atoms with Crippen LogP contribution in [0, 0.1) is 21.3 Å². The number of hydrogen-bond acceptors (Lipinski definition) is 11. The molecule has 4 heterocycles. The van der Waals surface area contributed by atoms with Gasteiger partial charge in [0.05, 0.1) is 52.7 Å². The molecule has 1 amide bonds. The summed E-state index contributed by atoms with van der Waals surface area (Å²) >= 11 is 0. The number of benzene rings is 2. The maximum Gasteiger partial charge on any atom is 0.419 e. The minimum absolute atomic E-state index is 0. The number of nitrogens with one attached hydrogen (secondary N) is 1. The number of halogens is 7. The van der Waals surface area contributed by atoms with Gasteiger partial charge in [-0.05, 0) is 78.3 Å². The number of carboxylic acids is 1. The number of carbonyl (C=O) groups excluding carboxylic acids is 1. The molecule has 0 bridgehead atoms. The fraction of sp³-hybridized carbons (Fsp3) is 0.386. The molecule has 6 rings (SSSR count). The van der Waals surface area contributed by atoms with E-state index in [4.69, 9.17) is 5.11 Å². The normalized spacial score (nSPS) is 11.6. The van der Waals surface area contributed by atoms with Gasteiger partial charge in [-0.2, -0.15) is 56.3 Å². The Kier molecular flexibility index (Phi) is 25.4. The van der Waals surface area contributed by atoms with Gasteiger partial charge in [0.2, 0.25) is 0 Å². The van der Waals surface area contributed by atoms with E-state index in [1.807, 2.05) is 53.7 Å². The second-order valence-electron chi connectivity index (χ2n) is 14.2. The highest BCUT2D eigenvalue weighted by Crippen LogP contribution is 2.29. The van der Waals surface area contributed by atoms with Crippen molar-refractivity contribution in [1.82, 2.24) is 60.1 Å². The summed E-state index contributed by atoms with van der Waals surface area (Å²) in [6, 6.07) is 10.7. The van der Waals surface area contributed by atoms with Gasteiger partial charge in [-0.3, -0.25) is 4.79 Å². The first-order valence-corrected chi connectivity index (χ1v) is 19.8. The van der Waals surface area contributed by atoms with Crippen LogP contribution in [0.2, 0.25) is 0 Å². The molecule has 0 unspecified atom stereocenters. The number of nitrogens with zero attached hydrogens (tertiary/aromatic N) is 11. The number of hydrogen-bond donors (Lipinski definition) is 2. The smallest absolute Gasteiger partial charge is 0.419 e. The minimum Gasteiger partial charge on any atom is -0.478 e. The van der Waals surface area contributed by atoms with Gasteiger partial charge in [-0.1, -0.05) is 46.0 Å². The second-order valence-corrected chi connectivity index (χ2v) is 14.2. The molecule has 0 saturated carbocycles. The van der Waals surface area contributed by atoms with E-state index in [2.05, 4.69) is 45.6 Å². The molecule has 2 aromatic carbocycles. The molecule has 0 radical (unpaired) electrons. The lowest BCUT2D eigenvalue weighted by Crippen LogP contribution is -2.39. The van der Waals surface area contributed by atoms with Gasteiger partial charge in [0, 0.05) is 56.3 Å². The summed E-state index contributed by atoms with van der Waals surface area (Å²) in [6.45, 7) is 12.9. The number of alkyl halides is 6. The SMILES string of the molecule is C.CCN(C(=O)c1cc(C)ccc1-n1nccn1)[C@@H](C)CCc1ncc(C(F)(F)F)cn1.CCN[C@@H](C)CCc1ncc(C(F)(F)F)cn1.Cc1ccc(-n2nccn2)c(C(=O)O)c1.Cl.[BH4-].[CH3-]. The molecule has 67 heavy (non-hydrogen) atoms. The van der Waals surface area contributed by atoms with E-state index in [1.165, 1.54) is 22.0 Å². The molecule has 0 fully saturated rings. The molecule has 6 aromatic rings. The lowest BCUT2D eigenvalue weighted by Gasteiger charge is -2.29. The minimum atomic E-state index is -4.47. The summed E-state index contributed by atoms with van der Waals surface area (Å²) in [5.74, 6) is -0.395. The molecule has 4 aromatic heterocycles. The lowest BCUT2D eigenvalue weighted by atomic mass is 10.1. The van der Waals surface area contributed by atoms with Crippen molar-refractivity contribution in [2.45, 2.75) is 99.1 Å². The van der Waals surface area contributed by atoms with Crippen molar-refractivity contribution < 1.29 is 41.0 Å². The molecule has 23 heteroatoms. The Morgan fingerprint density at radius 3 is 1.46 bits per heavy atom. The molecule has 2 N–H and O–H groups in total. The van der Waals surface area contributed by atoms with E-state index < -0.39 is 29.4 Å².